The van der Waals surface area contributed by atoms with E-state index in [2.05, 4.69) is 39.1 Å². The monoisotopic (exact) mass is 378 g/mol. The van der Waals surface area contributed by atoms with Crippen LogP contribution in [0.5, 0.6) is 0 Å². The molecule has 6 heteroatoms. The highest BCUT2D eigenvalue weighted by molar-refractivity contribution is 7.17. The highest BCUT2D eigenvalue weighted by atomic mass is 32.1. The molecular weight excluding hydrogens is 356 g/mol. The molecule has 0 spiro atoms. The average Bonchev–Trinajstić information content (AvgIpc) is 3.11. The number of aromatic nitrogens is 2. The minimum absolute atomic E-state index is 0.0968. The number of piperazine rings is 1. The third kappa shape index (κ3) is 4.07. The molecule has 5 nitrogen and oxygen atoms in total. The summed E-state index contributed by atoms with van der Waals surface area (Å²) in [6.07, 6.45) is 3.53. The molecule has 27 heavy (non-hydrogen) atoms. The first-order chi connectivity index (χ1) is 13.2. The van der Waals surface area contributed by atoms with Crippen LogP contribution in [0, 0.1) is 6.92 Å². The van der Waals surface area contributed by atoms with Crippen molar-refractivity contribution in [2.24, 2.45) is 0 Å². The van der Waals surface area contributed by atoms with Crippen molar-refractivity contribution in [2.75, 3.05) is 26.2 Å². The van der Waals surface area contributed by atoms with Gasteiger partial charge in [0.1, 0.15) is 9.88 Å². The van der Waals surface area contributed by atoms with Crippen molar-refractivity contribution in [3.8, 4) is 10.6 Å². The molecule has 1 saturated heterocycles. The fourth-order valence-electron chi connectivity index (χ4n) is 3.30. The maximum absolute atomic E-state index is 13.0. The summed E-state index contributed by atoms with van der Waals surface area (Å²) in [5, 5.41) is 0.853. The molecule has 1 aromatic carbocycles. The standard InChI is InChI=1S/C21H22N4OS/c1-16-19(27-20(23-16)18-8-5-9-22-14-18)21(26)25-12-10-24(11-13-25)15-17-6-3-2-4-7-17/h2-9,14H,10-13,15H2,1H3. The summed E-state index contributed by atoms with van der Waals surface area (Å²) in [6, 6.07) is 14.3. The first-order valence-corrected chi connectivity index (χ1v) is 9.96. The Hall–Kier alpha value is -2.57. The van der Waals surface area contributed by atoms with Gasteiger partial charge in [0.05, 0.1) is 5.69 Å². The minimum atomic E-state index is 0.0968. The third-order valence-corrected chi connectivity index (χ3v) is 6.00. The van der Waals surface area contributed by atoms with Gasteiger partial charge in [-0.05, 0) is 24.6 Å². The highest BCUT2D eigenvalue weighted by Crippen LogP contribution is 2.28. The van der Waals surface area contributed by atoms with Crippen molar-refractivity contribution >= 4 is 17.2 Å². The molecule has 0 saturated carbocycles. The number of pyridine rings is 1. The SMILES string of the molecule is Cc1nc(-c2cccnc2)sc1C(=O)N1CCN(Cc2ccccc2)CC1. The van der Waals surface area contributed by atoms with Gasteiger partial charge in [0.15, 0.2) is 0 Å². The predicted molar refractivity (Wildman–Crippen MR) is 108 cm³/mol. The van der Waals surface area contributed by atoms with Gasteiger partial charge in [-0.1, -0.05) is 30.3 Å². The molecule has 1 aliphatic heterocycles. The Labute approximate surface area is 163 Å². The molecule has 0 aliphatic carbocycles. The molecular formula is C21H22N4OS. The number of benzene rings is 1. The van der Waals surface area contributed by atoms with Crippen molar-refractivity contribution in [1.82, 2.24) is 19.8 Å². The van der Waals surface area contributed by atoms with Crippen LogP contribution in [0.25, 0.3) is 10.6 Å². The topological polar surface area (TPSA) is 49.3 Å². The van der Waals surface area contributed by atoms with Crippen LogP contribution in [0.2, 0.25) is 0 Å². The summed E-state index contributed by atoms with van der Waals surface area (Å²) >= 11 is 1.46. The van der Waals surface area contributed by atoms with E-state index in [0.29, 0.717) is 0 Å². The van der Waals surface area contributed by atoms with Crippen molar-refractivity contribution in [3.63, 3.8) is 0 Å². The Morgan fingerprint density at radius 2 is 1.85 bits per heavy atom. The minimum Gasteiger partial charge on any atom is -0.335 e. The highest BCUT2D eigenvalue weighted by Gasteiger charge is 2.25. The number of rotatable bonds is 4. The summed E-state index contributed by atoms with van der Waals surface area (Å²) in [5.74, 6) is 0.0968. The van der Waals surface area contributed by atoms with Gasteiger partial charge >= 0.3 is 0 Å². The number of carbonyl (C=O) groups excluding carboxylic acids is 1. The van der Waals surface area contributed by atoms with Crippen molar-refractivity contribution in [3.05, 3.63) is 71.0 Å². The van der Waals surface area contributed by atoms with Gasteiger partial charge < -0.3 is 4.90 Å². The van der Waals surface area contributed by atoms with Crippen LogP contribution in [0.4, 0.5) is 0 Å². The molecule has 3 aromatic rings. The van der Waals surface area contributed by atoms with E-state index >= 15 is 0 Å². The van der Waals surface area contributed by atoms with E-state index in [4.69, 9.17) is 0 Å². The lowest BCUT2D eigenvalue weighted by Crippen LogP contribution is -2.48. The lowest BCUT2D eigenvalue weighted by molar-refractivity contribution is 0.0632. The Bertz CT molecular complexity index is 902. The number of nitrogens with zero attached hydrogens (tertiary/aromatic N) is 4. The van der Waals surface area contributed by atoms with Gasteiger partial charge in [0.25, 0.3) is 5.91 Å². The Morgan fingerprint density at radius 1 is 1.07 bits per heavy atom. The number of aryl methyl sites for hydroxylation is 1. The van der Waals surface area contributed by atoms with Gasteiger partial charge in [0.2, 0.25) is 0 Å². The van der Waals surface area contributed by atoms with Crippen LogP contribution in [-0.2, 0) is 6.54 Å². The van der Waals surface area contributed by atoms with Crippen LogP contribution in [0.1, 0.15) is 20.9 Å². The fraction of sp³-hybridized carbons (Fsp3) is 0.286. The number of amides is 1. The maximum Gasteiger partial charge on any atom is 0.265 e. The Morgan fingerprint density at radius 3 is 2.56 bits per heavy atom. The molecule has 1 amide bonds. The summed E-state index contributed by atoms with van der Waals surface area (Å²) < 4.78 is 0. The van der Waals surface area contributed by atoms with E-state index in [1.165, 1.54) is 16.9 Å². The maximum atomic E-state index is 13.0. The molecule has 0 atom stereocenters. The predicted octanol–water partition coefficient (Wildman–Crippen LogP) is 3.47. The van der Waals surface area contributed by atoms with E-state index in [1.807, 2.05) is 30.0 Å². The largest absolute Gasteiger partial charge is 0.335 e. The van der Waals surface area contributed by atoms with E-state index in [-0.39, 0.29) is 5.91 Å². The molecule has 138 valence electrons. The molecule has 0 radical (unpaired) electrons. The van der Waals surface area contributed by atoms with Crippen molar-refractivity contribution < 1.29 is 4.79 Å². The van der Waals surface area contributed by atoms with Gasteiger partial charge in [-0.15, -0.1) is 11.3 Å². The normalized spacial score (nSPS) is 15.1. The van der Waals surface area contributed by atoms with Gasteiger partial charge in [-0.25, -0.2) is 4.98 Å². The second-order valence-corrected chi connectivity index (χ2v) is 7.73. The second-order valence-electron chi connectivity index (χ2n) is 6.73. The summed E-state index contributed by atoms with van der Waals surface area (Å²) in [7, 11) is 0. The average molecular weight is 379 g/mol. The van der Waals surface area contributed by atoms with Crippen LogP contribution < -0.4 is 0 Å². The van der Waals surface area contributed by atoms with E-state index in [1.54, 1.807) is 12.4 Å². The number of carbonyl (C=O) groups is 1. The Balaban J connectivity index is 1.40. The van der Waals surface area contributed by atoms with Crippen LogP contribution >= 0.6 is 11.3 Å². The van der Waals surface area contributed by atoms with E-state index in [9.17, 15) is 4.79 Å². The quantitative estimate of drug-likeness (QED) is 0.697. The number of thiazole rings is 1. The zero-order chi connectivity index (χ0) is 18.6. The van der Waals surface area contributed by atoms with Gasteiger partial charge in [-0.2, -0.15) is 0 Å². The molecule has 1 aliphatic rings. The summed E-state index contributed by atoms with van der Waals surface area (Å²) in [5.41, 5.74) is 3.07. The van der Waals surface area contributed by atoms with Gasteiger partial charge in [-0.3, -0.25) is 14.7 Å². The molecule has 0 N–H and O–H groups in total. The molecule has 0 bridgehead atoms. The summed E-state index contributed by atoms with van der Waals surface area (Å²) in [6.45, 7) is 6.15. The molecule has 2 aromatic heterocycles. The first-order valence-electron chi connectivity index (χ1n) is 9.14. The van der Waals surface area contributed by atoms with Gasteiger partial charge in [0, 0.05) is 50.7 Å². The molecule has 3 heterocycles. The summed E-state index contributed by atoms with van der Waals surface area (Å²) in [4.78, 5) is 26.8. The zero-order valence-electron chi connectivity index (χ0n) is 15.3. The number of hydrogen-bond acceptors (Lipinski definition) is 5. The second kappa shape index (κ2) is 7.98. The van der Waals surface area contributed by atoms with E-state index in [0.717, 1.165) is 53.9 Å². The van der Waals surface area contributed by atoms with Crippen LogP contribution in [0.3, 0.4) is 0 Å². The molecule has 0 unspecified atom stereocenters. The zero-order valence-corrected chi connectivity index (χ0v) is 16.2. The molecule has 1 fully saturated rings. The first kappa shape index (κ1) is 17.8. The fourth-order valence-corrected chi connectivity index (χ4v) is 4.33. The molecule has 4 rings (SSSR count). The lowest BCUT2D eigenvalue weighted by Gasteiger charge is -2.34. The van der Waals surface area contributed by atoms with E-state index < -0.39 is 0 Å². The third-order valence-electron chi connectivity index (χ3n) is 4.81. The Kier molecular flexibility index (Phi) is 5.27. The van der Waals surface area contributed by atoms with Crippen LogP contribution in [-0.4, -0.2) is 51.9 Å². The van der Waals surface area contributed by atoms with Crippen molar-refractivity contribution in [1.29, 1.82) is 0 Å². The lowest BCUT2D eigenvalue weighted by atomic mass is 10.2. The van der Waals surface area contributed by atoms with Crippen LogP contribution in [0.15, 0.2) is 54.9 Å². The number of hydrogen-bond donors (Lipinski definition) is 0. The smallest absolute Gasteiger partial charge is 0.265 e. The van der Waals surface area contributed by atoms with Crippen molar-refractivity contribution in [2.45, 2.75) is 13.5 Å².